The van der Waals surface area contributed by atoms with Crippen molar-refractivity contribution in [1.82, 2.24) is 20.2 Å². The number of para-hydroxylation sites is 1. The molecule has 0 unspecified atom stereocenters. The molecule has 2 heterocycles. The molecule has 1 aromatic carbocycles. The number of ether oxygens (including phenoxy) is 1. The minimum atomic E-state index is 0.570. The summed E-state index contributed by atoms with van der Waals surface area (Å²) in [5.74, 6) is 1.27. The van der Waals surface area contributed by atoms with Crippen LogP contribution in [0.15, 0.2) is 23.2 Å². The molecule has 1 aromatic heterocycles. The maximum absolute atomic E-state index is 5.08. The highest BCUT2D eigenvalue weighted by atomic mass is 16.5. The molecule has 0 fully saturated rings. The summed E-state index contributed by atoms with van der Waals surface area (Å²) in [6.07, 6.45) is 0. The fourth-order valence-electron chi connectivity index (χ4n) is 2.53. The molecule has 2 N–H and O–H groups in total. The number of aliphatic imine (C=N–C) groups is 1. The van der Waals surface area contributed by atoms with Crippen molar-refractivity contribution in [2.75, 3.05) is 38.9 Å². The number of aromatic nitrogens is 2. The van der Waals surface area contributed by atoms with Gasteiger partial charge in [0.25, 0.3) is 0 Å². The maximum atomic E-state index is 5.08. The molecule has 0 aliphatic carbocycles. The lowest BCUT2D eigenvalue weighted by atomic mass is 10.1. The molecule has 0 atom stereocenters. The van der Waals surface area contributed by atoms with E-state index >= 15 is 0 Å². The molecule has 0 spiro atoms. The number of benzene rings is 1. The van der Waals surface area contributed by atoms with Gasteiger partial charge in [-0.25, -0.2) is 15.0 Å². The average molecular weight is 314 g/mol. The van der Waals surface area contributed by atoms with Crippen LogP contribution >= 0.6 is 0 Å². The van der Waals surface area contributed by atoms with Gasteiger partial charge in [-0.05, 0) is 19.4 Å². The lowest BCUT2D eigenvalue weighted by Crippen LogP contribution is -2.46. The summed E-state index contributed by atoms with van der Waals surface area (Å²) < 4.78 is 5.08. The van der Waals surface area contributed by atoms with Gasteiger partial charge < -0.3 is 10.1 Å². The highest BCUT2D eigenvalue weighted by Crippen LogP contribution is 2.20. The van der Waals surface area contributed by atoms with E-state index in [1.54, 1.807) is 7.11 Å². The maximum Gasteiger partial charge on any atom is 0.230 e. The predicted molar refractivity (Wildman–Crippen MR) is 91.5 cm³/mol. The Morgan fingerprint density at radius 3 is 2.91 bits per heavy atom. The van der Waals surface area contributed by atoms with Crippen LogP contribution in [0.25, 0.3) is 10.9 Å². The van der Waals surface area contributed by atoms with Gasteiger partial charge in [-0.15, -0.1) is 0 Å². The quantitative estimate of drug-likeness (QED) is 0.890. The Morgan fingerprint density at radius 1 is 1.30 bits per heavy atom. The van der Waals surface area contributed by atoms with Gasteiger partial charge in [-0.2, -0.15) is 0 Å². The molecule has 0 radical (unpaired) electrons. The highest BCUT2D eigenvalue weighted by molar-refractivity contribution is 5.93. The third-order valence-electron chi connectivity index (χ3n) is 3.86. The largest absolute Gasteiger partial charge is 0.383 e. The Morgan fingerprint density at radius 2 is 2.17 bits per heavy atom. The van der Waals surface area contributed by atoms with Gasteiger partial charge in [0.05, 0.1) is 31.2 Å². The lowest BCUT2D eigenvalue weighted by molar-refractivity contribution is 0.145. The fraction of sp³-hybridized carbons (Fsp3) is 0.438. The molecule has 3 rings (SSSR count). The first-order valence-electron chi connectivity index (χ1n) is 7.68. The Balaban J connectivity index is 1.75. The summed E-state index contributed by atoms with van der Waals surface area (Å²) in [6.45, 7) is 6.96. The molecule has 23 heavy (non-hydrogen) atoms. The number of methoxy groups -OCH3 is 1. The number of anilines is 1. The van der Waals surface area contributed by atoms with Gasteiger partial charge in [0, 0.05) is 19.0 Å². The molecular formula is C16H22N6O. The van der Waals surface area contributed by atoms with Crippen molar-refractivity contribution in [3.63, 3.8) is 0 Å². The van der Waals surface area contributed by atoms with Gasteiger partial charge in [-0.1, -0.05) is 18.2 Å². The van der Waals surface area contributed by atoms with E-state index in [0.717, 1.165) is 35.4 Å². The zero-order valence-corrected chi connectivity index (χ0v) is 13.8. The smallest absolute Gasteiger partial charge is 0.230 e. The van der Waals surface area contributed by atoms with Crippen LogP contribution in [0, 0.1) is 13.8 Å². The van der Waals surface area contributed by atoms with E-state index in [1.807, 2.05) is 19.1 Å². The second kappa shape index (κ2) is 6.89. The minimum Gasteiger partial charge on any atom is -0.383 e. The van der Waals surface area contributed by atoms with Crippen LogP contribution in [0.4, 0.5) is 5.95 Å². The van der Waals surface area contributed by atoms with Crippen molar-refractivity contribution in [3.8, 4) is 0 Å². The van der Waals surface area contributed by atoms with E-state index in [1.165, 1.54) is 0 Å². The number of guanidine groups is 1. The van der Waals surface area contributed by atoms with Gasteiger partial charge in [0.2, 0.25) is 11.9 Å². The summed E-state index contributed by atoms with van der Waals surface area (Å²) in [5, 5.41) is 7.50. The zero-order chi connectivity index (χ0) is 16.2. The topological polar surface area (TPSA) is 74.7 Å². The molecule has 0 bridgehead atoms. The Hall–Kier alpha value is -2.25. The van der Waals surface area contributed by atoms with Crippen molar-refractivity contribution in [2.45, 2.75) is 13.8 Å². The Bertz CT molecular complexity index is 730. The number of rotatable bonds is 4. The van der Waals surface area contributed by atoms with Crippen molar-refractivity contribution < 1.29 is 4.74 Å². The summed E-state index contributed by atoms with van der Waals surface area (Å²) in [7, 11) is 1.70. The van der Waals surface area contributed by atoms with E-state index in [0.29, 0.717) is 25.2 Å². The van der Waals surface area contributed by atoms with E-state index in [4.69, 9.17) is 4.74 Å². The van der Waals surface area contributed by atoms with Crippen molar-refractivity contribution in [2.24, 2.45) is 4.99 Å². The van der Waals surface area contributed by atoms with E-state index in [2.05, 4.69) is 43.5 Å². The van der Waals surface area contributed by atoms with Crippen LogP contribution in [-0.2, 0) is 4.74 Å². The van der Waals surface area contributed by atoms with Crippen LogP contribution in [-0.4, -0.2) is 54.4 Å². The van der Waals surface area contributed by atoms with Crippen molar-refractivity contribution in [1.29, 1.82) is 0 Å². The molecule has 2 aromatic rings. The van der Waals surface area contributed by atoms with Gasteiger partial charge in [-0.3, -0.25) is 10.2 Å². The Kier molecular flexibility index (Phi) is 4.68. The van der Waals surface area contributed by atoms with E-state index in [9.17, 15) is 0 Å². The first-order chi connectivity index (χ1) is 11.2. The summed E-state index contributed by atoms with van der Waals surface area (Å²) >= 11 is 0. The summed E-state index contributed by atoms with van der Waals surface area (Å²) in [6, 6.07) is 6.14. The van der Waals surface area contributed by atoms with E-state index in [-0.39, 0.29) is 0 Å². The molecule has 0 saturated carbocycles. The second-order valence-corrected chi connectivity index (χ2v) is 5.60. The second-order valence-electron chi connectivity index (χ2n) is 5.60. The van der Waals surface area contributed by atoms with Crippen LogP contribution in [0.3, 0.4) is 0 Å². The normalized spacial score (nSPS) is 15.3. The molecule has 0 saturated heterocycles. The first kappa shape index (κ1) is 15.6. The molecule has 122 valence electrons. The minimum absolute atomic E-state index is 0.570. The number of nitrogens with zero attached hydrogens (tertiary/aromatic N) is 4. The Labute approximate surface area is 135 Å². The van der Waals surface area contributed by atoms with Crippen molar-refractivity contribution >= 4 is 22.8 Å². The van der Waals surface area contributed by atoms with Crippen molar-refractivity contribution in [3.05, 3.63) is 29.5 Å². The number of hydrogen-bond donors (Lipinski definition) is 2. The van der Waals surface area contributed by atoms with Gasteiger partial charge in [0.15, 0.2) is 0 Å². The van der Waals surface area contributed by atoms with Crippen LogP contribution < -0.4 is 10.6 Å². The monoisotopic (exact) mass is 314 g/mol. The van der Waals surface area contributed by atoms with Crippen LogP contribution in [0.1, 0.15) is 11.3 Å². The zero-order valence-electron chi connectivity index (χ0n) is 13.8. The fourth-order valence-corrected chi connectivity index (χ4v) is 2.53. The number of nitrogens with one attached hydrogen (secondary N) is 2. The summed E-state index contributed by atoms with van der Waals surface area (Å²) in [4.78, 5) is 15.8. The third-order valence-corrected chi connectivity index (χ3v) is 3.86. The number of aryl methyl sites for hydroxylation is 2. The third kappa shape index (κ3) is 3.57. The van der Waals surface area contributed by atoms with E-state index < -0.39 is 0 Å². The number of fused-ring (bicyclic) bond motifs is 1. The lowest BCUT2D eigenvalue weighted by Gasteiger charge is -2.26. The molecular weight excluding hydrogens is 292 g/mol. The highest BCUT2D eigenvalue weighted by Gasteiger charge is 2.13. The van der Waals surface area contributed by atoms with Crippen LogP contribution in [0.5, 0.6) is 0 Å². The molecule has 7 heteroatoms. The average Bonchev–Trinajstić information content (AvgIpc) is 2.55. The molecule has 1 aliphatic heterocycles. The first-order valence-corrected chi connectivity index (χ1v) is 7.68. The van der Waals surface area contributed by atoms with Crippen LogP contribution in [0.2, 0.25) is 0 Å². The standard InChI is InChI=1S/C16H22N6O/c1-11-5-4-6-13-12(2)19-16(20-14(11)13)21-15-17-9-22(10-18-15)7-8-23-3/h4-6H,7-10H2,1-3H3,(H2,17,18,19,20,21). The summed E-state index contributed by atoms with van der Waals surface area (Å²) in [5.41, 5.74) is 3.07. The molecule has 0 amide bonds. The molecule has 1 aliphatic rings. The number of hydrogen-bond acceptors (Lipinski definition) is 7. The predicted octanol–water partition coefficient (Wildman–Crippen LogP) is 1.48. The SMILES string of the molecule is COCCN1CN=C(Nc2nc(C)c3cccc(C)c3n2)NC1. The van der Waals surface area contributed by atoms with Gasteiger partial charge in [0.1, 0.15) is 0 Å². The van der Waals surface area contributed by atoms with Gasteiger partial charge >= 0.3 is 0 Å². The molecule has 7 nitrogen and oxygen atoms in total.